The maximum atomic E-state index is 11.3. The molecule has 0 saturated carbocycles. The fourth-order valence-corrected chi connectivity index (χ4v) is 4.34. The Bertz CT molecular complexity index is 557. The molecule has 1 unspecified atom stereocenters. The summed E-state index contributed by atoms with van der Waals surface area (Å²) in [6.07, 6.45) is 28.8. The SMILES string of the molecule is CCCCCCCCCCCC/C=C/CCCCCC1=NC=C[N+]1(CCN)CC(=O)O. The fraction of sp³-hybridized carbons (Fsp3) is 0.769. The van der Waals surface area contributed by atoms with E-state index in [1.54, 1.807) is 6.20 Å². The molecule has 0 bridgehead atoms. The standard InChI is InChI=1S/C26H47N3O2/c1-2-3-4-5-6-7-8-9-10-11-12-13-14-15-16-17-18-19-25-28-21-23-29(25,22-20-27)24-26(30)31/h13-14,21,23H,2-12,15-20,22,24,27H2,1H3/p+1/b14-13+. The second-order valence-corrected chi connectivity index (χ2v) is 8.98. The zero-order valence-electron chi connectivity index (χ0n) is 20.1. The van der Waals surface area contributed by atoms with Crippen molar-refractivity contribution >= 4 is 11.8 Å². The first-order chi connectivity index (χ1) is 15.1. The molecule has 178 valence electrons. The highest BCUT2D eigenvalue weighted by Gasteiger charge is 2.36. The zero-order chi connectivity index (χ0) is 22.6. The van der Waals surface area contributed by atoms with Gasteiger partial charge in [-0.25, -0.2) is 14.3 Å². The van der Waals surface area contributed by atoms with Gasteiger partial charge in [0.25, 0.3) is 0 Å². The molecule has 1 atom stereocenters. The summed E-state index contributed by atoms with van der Waals surface area (Å²) in [4.78, 5) is 15.7. The first-order valence-corrected chi connectivity index (χ1v) is 12.8. The number of allylic oxidation sites excluding steroid dienone is 2. The molecular weight excluding hydrogens is 386 g/mol. The number of amidine groups is 1. The van der Waals surface area contributed by atoms with Gasteiger partial charge in [0, 0.05) is 13.0 Å². The Morgan fingerprint density at radius 3 is 2.03 bits per heavy atom. The second-order valence-electron chi connectivity index (χ2n) is 8.98. The Balaban J connectivity index is 1.99. The van der Waals surface area contributed by atoms with E-state index in [1.165, 1.54) is 77.0 Å². The van der Waals surface area contributed by atoms with Crippen LogP contribution in [0.15, 0.2) is 29.5 Å². The van der Waals surface area contributed by atoms with Crippen LogP contribution in [0.4, 0.5) is 0 Å². The van der Waals surface area contributed by atoms with Gasteiger partial charge in [-0.1, -0.05) is 83.3 Å². The molecule has 0 fully saturated rings. The van der Waals surface area contributed by atoms with Crippen molar-refractivity contribution in [3.63, 3.8) is 0 Å². The number of aliphatic carboxylic acids is 1. The minimum Gasteiger partial charge on any atom is -0.477 e. The molecule has 0 aliphatic carbocycles. The van der Waals surface area contributed by atoms with Crippen LogP contribution in [-0.4, -0.2) is 41.0 Å². The molecule has 3 N–H and O–H groups in total. The molecule has 1 heterocycles. The van der Waals surface area contributed by atoms with E-state index in [0.29, 0.717) is 17.6 Å². The summed E-state index contributed by atoms with van der Waals surface area (Å²) in [5.41, 5.74) is 5.72. The first-order valence-electron chi connectivity index (χ1n) is 12.8. The lowest BCUT2D eigenvalue weighted by Gasteiger charge is -2.30. The van der Waals surface area contributed by atoms with Crippen molar-refractivity contribution in [1.82, 2.24) is 0 Å². The third-order valence-electron chi connectivity index (χ3n) is 6.20. The molecule has 5 nitrogen and oxygen atoms in total. The lowest BCUT2D eigenvalue weighted by Crippen LogP contribution is -2.52. The van der Waals surface area contributed by atoms with Crippen molar-refractivity contribution < 1.29 is 14.4 Å². The van der Waals surface area contributed by atoms with Crippen LogP contribution in [0, 0.1) is 0 Å². The molecule has 0 saturated heterocycles. The van der Waals surface area contributed by atoms with Gasteiger partial charge >= 0.3 is 5.97 Å². The Morgan fingerprint density at radius 2 is 1.48 bits per heavy atom. The van der Waals surface area contributed by atoms with E-state index in [9.17, 15) is 9.90 Å². The maximum Gasteiger partial charge on any atom is 0.360 e. The summed E-state index contributed by atoms with van der Waals surface area (Å²) >= 11 is 0. The van der Waals surface area contributed by atoms with E-state index in [0.717, 1.165) is 31.5 Å². The van der Waals surface area contributed by atoms with E-state index in [4.69, 9.17) is 5.73 Å². The Kier molecular flexibility index (Phi) is 16.1. The summed E-state index contributed by atoms with van der Waals surface area (Å²) in [5.74, 6) is 0.143. The van der Waals surface area contributed by atoms with Gasteiger partial charge in [0.05, 0.1) is 6.20 Å². The number of quaternary nitrogens is 1. The summed E-state index contributed by atoms with van der Waals surface area (Å²) in [6, 6.07) is 0. The number of carboxylic acids is 1. The third-order valence-corrected chi connectivity index (χ3v) is 6.20. The van der Waals surface area contributed by atoms with Gasteiger partial charge in [0.15, 0.2) is 6.54 Å². The number of carboxylic acid groups (broad SMARTS) is 1. The Hall–Kier alpha value is -1.46. The third kappa shape index (κ3) is 12.9. The maximum absolute atomic E-state index is 11.3. The number of nitrogens with two attached hydrogens (primary N) is 1. The normalized spacial score (nSPS) is 18.2. The molecule has 5 heteroatoms. The molecule has 0 amide bonds. The van der Waals surface area contributed by atoms with Crippen LogP contribution in [-0.2, 0) is 4.79 Å². The van der Waals surface area contributed by atoms with E-state index >= 15 is 0 Å². The average Bonchev–Trinajstić information content (AvgIpc) is 3.11. The number of hydrogen-bond acceptors (Lipinski definition) is 3. The summed E-state index contributed by atoms with van der Waals surface area (Å²) < 4.78 is 0.296. The number of rotatable bonds is 21. The summed E-state index contributed by atoms with van der Waals surface area (Å²) in [6.45, 7) is 3.37. The molecule has 0 aromatic carbocycles. The second kappa shape index (κ2) is 18.1. The van der Waals surface area contributed by atoms with Crippen molar-refractivity contribution in [2.75, 3.05) is 19.6 Å². The largest absolute Gasteiger partial charge is 0.477 e. The van der Waals surface area contributed by atoms with E-state index in [2.05, 4.69) is 24.1 Å². The molecule has 0 aromatic heterocycles. The highest BCUT2D eigenvalue weighted by Crippen LogP contribution is 2.21. The van der Waals surface area contributed by atoms with Crippen LogP contribution in [0.25, 0.3) is 0 Å². The number of carbonyl (C=O) groups is 1. The number of unbranched alkanes of at least 4 members (excludes halogenated alkanes) is 13. The highest BCUT2D eigenvalue weighted by molar-refractivity contribution is 5.81. The minimum absolute atomic E-state index is 0.0359. The zero-order valence-corrected chi connectivity index (χ0v) is 20.1. The van der Waals surface area contributed by atoms with Gasteiger partial charge in [-0.2, -0.15) is 0 Å². The Morgan fingerprint density at radius 1 is 0.935 bits per heavy atom. The molecule has 1 aliphatic rings. The smallest absolute Gasteiger partial charge is 0.360 e. The molecule has 0 aromatic rings. The van der Waals surface area contributed by atoms with Crippen LogP contribution in [0.1, 0.15) is 110 Å². The van der Waals surface area contributed by atoms with Crippen LogP contribution in [0.3, 0.4) is 0 Å². The predicted octanol–water partition coefficient (Wildman–Crippen LogP) is 6.55. The highest BCUT2D eigenvalue weighted by atomic mass is 16.4. The summed E-state index contributed by atoms with van der Waals surface area (Å²) in [7, 11) is 0. The quantitative estimate of drug-likeness (QED) is 0.122. The van der Waals surface area contributed by atoms with E-state index in [1.807, 2.05) is 6.20 Å². The van der Waals surface area contributed by atoms with Gasteiger partial charge in [-0.3, -0.25) is 0 Å². The van der Waals surface area contributed by atoms with E-state index < -0.39 is 5.97 Å². The number of hydrogen-bond donors (Lipinski definition) is 2. The van der Waals surface area contributed by atoms with Gasteiger partial charge in [-0.05, 0) is 32.1 Å². The number of aliphatic imine (C=N–C) groups is 1. The lowest BCUT2D eigenvalue weighted by molar-refractivity contribution is -0.778. The monoisotopic (exact) mass is 434 g/mol. The molecule has 0 radical (unpaired) electrons. The van der Waals surface area contributed by atoms with Crippen molar-refractivity contribution in [2.45, 2.75) is 110 Å². The van der Waals surface area contributed by atoms with Crippen molar-refractivity contribution in [3.8, 4) is 0 Å². The minimum atomic E-state index is -0.805. The van der Waals surface area contributed by atoms with Crippen molar-refractivity contribution in [1.29, 1.82) is 0 Å². The van der Waals surface area contributed by atoms with Crippen LogP contribution in [0.5, 0.6) is 0 Å². The van der Waals surface area contributed by atoms with Crippen LogP contribution in [0.2, 0.25) is 0 Å². The van der Waals surface area contributed by atoms with E-state index in [-0.39, 0.29) is 6.54 Å². The molecule has 0 spiro atoms. The number of nitrogens with zero attached hydrogens (tertiary/aromatic N) is 2. The summed E-state index contributed by atoms with van der Waals surface area (Å²) in [5, 5.41) is 9.25. The first kappa shape index (κ1) is 27.6. The molecule has 31 heavy (non-hydrogen) atoms. The molecule has 1 rings (SSSR count). The Labute approximate surface area is 191 Å². The van der Waals surface area contributed by atoms with Gasteiger partial charge in [0.1, 0.15) is 12.7 Å². The van der Waals surface area contributed by atoms with Crippen LogP contribution < -0.4 is 5.73 Å². The topological polar surface area (TPSA) is 75.7 Å². The average molecular weight is 435 g/mol. The van der Waals surface area contributed by atoms with Crippen molar-refractivity contribution in [2.24, 2.45) is 10.7 Å². The molecule has 1 aliphatic heterocycles. The predicted molar refractivity (Wildman–Crippen MR) is 132 cm³/mol. The van der Waals surface area contributed by atoms with Gasteiger partial charge in [0.2, 0.25) is 5.84 Å². The fourth-order valence-electron chi connectivity index (χ4n) is 4.34. The van der Waals surface area contributed by atoms with Gasteiger partial charge < -0.3 is 10.8 Å². The van der Waals surface area contributed by atoms with Gasteiger partial charge in [-0.15, -0.1) is 0 Å². The van der Waals surface area contributed by atoms with Crippen molar-refractivity contribution in [3.05, 3.63) is 24.6 Å². The molecular formula is C26H48N3O2+. The lowest BCUT2D eigenvalue weighted by atomic mass is 10.1. The van der Waals surface area contributed by atoms with Crippen LogP contribution >= 0.6 is 0 Å².